The van der Waals surface area contributed by atoms with Crippen LogP contribution in [0.2, 0.25) is 0 Å². The van der Waals surface area contributed by atoms with Gasteiger partial charge < -0.3 is 4.81 Å². The van der Waals surface area contributed by atoms with Crippen molar-refractivity contribution in [2.24, 2.45) is 0 Å². The van der Waals surface area contributed by atoms with Crippen LogP contribution in [0.3, 0.4) is 0 Å². The summed E-state index contributed by atoms with van der Waals surface area (Å²) in [6.07, 6.45) is 5.63. The molecular weight excluding hydrogens is 177 g/mol. The van der Waals surface area contributed by atoms with Crippen molar-refractivity contribution in [3.8, 4) is 0 Å². The van der Waals surface area contributed by atoms with Crippen molar-refractivity contribution < 1.29 is 0 Å². The summed E-state index contributed by atoms with van der Waals surface area (Å²) in [7, 11) is 2.25. The monoisotopic (exact) mass is 199 g/mol. The molecule has 76 valence electrons. The fourth-order valence-electron chi connectivity index (χ4n) is 1.95. The van der Waals surface area contributed by atoms with Gasteiger partial charge in [0.05, 0.1) is 0 Å². The van der Waals surface area contributed by atoms with Crippen molar-refractivity contribution >= 4 is 19.7 Å². The summed E-state index contributed by atoms with van der Waals surface area (Å²) in [6, 6.07) is 0. The highest BCUT2D eigenvalue weighted by atomic mass is 32.2. The summed E-state index contributed by atoms with van der Waals surface area (Å²) in [5.41, 5.74) is 0. The van der Waals surface area contributed by atoms with Crippen LogP contribution in [0, 0.1) is 0 Å². The lowest BCUT2D eigenvalue weighted by Crippen LogP contribution is -2.26. The SMILES string of the molecule is BN1CCCC(SC(C)C)CCC1. The fourth-order valence-corrected chi connectivity index (χ4v) is 3.33. The van der Waals surface area contributed by atoms with E-state index in [1.165, 1.54) is 38.8 Å². The maximum absolute atomic E-state index is 2.47. The zero-order valence-corrected chi connectivity index (χ0v) is 10.1. The molecule has 1 rings (SSSR count). The molecule has 0 radical (unpaired) electrons. The van der Waals surface area contributed by atoms with E-state index < -0.39 is 0 Å². The molecule has 1 fully saturated rings. The summed E-state index contributed by atoms with van der Waals surface area (Å²) in [4.78, 5) is 2.47. The van der Waals surface area contributed by atoms with Gasteiger partial charge in [-0.05, 0) is 44.0 Å². The zero-order valence-electron chi connectivity index (χ0n) is 9.25. The molecule has 1 nitrogen and oxygen atoms in total. The van der Waals surface area contributed by atoms with Gasteiger partial charge in [-0.1, -0.05) is 13.8 Å². The summed E-state index contributed by atoms with van der Waals surface area (Å²) < 4.78 is 0. The molecule has 0 aromatic rings. The highest BCUT2D eigenvalue weighted by Crippen LogP contribution is 2.26. The van der Waals surface area contributed by atoms with E-state index in [0.717, 1.165) is 10.5 Å². The van der Waals surface area contributed by atoms with Gasteiger partial charge in [0.1, 0.15) is 0 Å². The summed E-state index contributed by atoms with van der Waals surface area (Å²) in [5.74, 6) is 0. The van der Waals surface area contributed by atoms with Crippen molar-refractivity contribution in [3.63, 3.8) is 0 Å². The molecule has 0 amide bonds. The molecular formula is C10H22BNS. The van der Waals surface area contributed by atoms with E-state index in [9.17, 15) is 0 Å². The summed E-state index contributed by atoms with van der Waals surface area (Å²) in [6.45, 7) is 7.23. The minimum Gasteiger partial charge on any atom is -0.349 e. The first-order valence-corrected chi connectivity index (χ1v) is 6.47. The van der Waals surface area contributed by atoms with Crippen LogP contribution in [0.1, 0.15) is 39.5 Å². The number of thioether (sulfide) groups is 1. The minimum atomic E-state index is 0.808. The maximum Gasteiger partial charge on any atom is 0.185 e. The molecule has 1 aliphatic heterocycles. The third kappa shape index (κ3) is 4.97. The van der Waals surface area contributed by atoms with Crippen molar-refractivity contribution in [3.05, 3.63) is 0 Å². The molecule has 0 aromatic carbocycles. The fraction of sp³-hybridized carbons (Fsp3) is 1.00. The molecule has 1 saturated heterocycles. The van der Waals surface area contributed by atoms with Crippen LogP contribution in [0.5, 0.6) is 0 Å². The molecule has 0 bridgehead atoms. The number of nitrogens with zero attached hydrogens (tertiary/aromatic N) is 1. The van der Waals surface area contributed by atoms with Crippen molar-refractivity contribution in [1.29, 1.82) is 0 Å². The van der Waals surface area contributed by atoms with Gasteiger partial charge in [-0.2, -0.15) is 11.8 Å². The Hall–Kier alpha value is 0.375. The number of rotatable bonds is 2. The van der Waals surface area contributed by atoms with Gasteiger partial charge in [0, 0.05) is 5.25 Å². The van der Waals surface area contributed by atoms with Gasteiger partial charge in [0.15, 0.2) is 7.98 Å². The second-order valence-corrected chi connectivity index (χ2v) is 6.28. The first kappa shape index (κ1) is 11.4. The van der Waals surface area contributed by atoms with Gasteiger partial charge >= 0.3 is 0 Å². The molecule has 0 spiro atoms. The Morgan fingerprint density at radius 2 is 1.77 bits per heavy atom. The van der Waals surface area contributed by atoms with Crippen molar-refractivity contribution in [2.75, 3.05) is 13.1 Å². The summed E-state index contributed by atoms with van der Waals surface area (Å²) >= 11 is 2.18. The molecule has 0 aromatic heterocycles. The van der Waals surface area contributed by atoms with Gasteiger partial charge in [-0.3, -0.25) is 0 Å². The Labute approximate surface area is 88.1 Å². The topological polar surface area (TPSA) is 3.24 Å². The predicted molar refractivity (Wildman–Crippen MR) is 65.1 cm³/mol. The Morgan fingerprint density at radius 1 is 1.23 bits per heavy atom. The van der Waals surface area contributed by atoms with E-state index in [1.54, 1.807) is 0 Å². The third-order valence-electron chi connectivity index (χ3n) is 2.60. The first-order chi connectivity index (χ1) is 6.18. The molecule has 1 heterocycles. The molecule has 0 saturated carbocycles. The smallest absolute Gasteiger partial charge is 0.185 e. The minimum absolute atomic E-state index is 0.808. The van der Waals surface area contributed by atoms with Gasteiger partial charge in [-0.15, -0.1) is 0 Å². The second kappa shape index (κ2) is 5.97. The van der Waals surface area contributed by atoms with Crippen LogP contribution in [-0.2, 0) is 0 Å². The quantitative estimate of drug-likeness (QED) is 0.625. The van der Waals surface area contributed by atoms with E-state index in [-0.39, 0.29) is 0 Å². The number of hydrogen-bond acceptors (Lipinski definition) is 2. The highest BCUT2D eigenvalue weighted by Gasteiger charge is 2.14. The summed E-state index contributed by atoms with van der Waals surface area (Å²) in [5, 5.41) is 1.75. The van der Waals surface area contributed by atoms with Crippen LogP contribution in [0.15, 0.2) is 0 Å². The molecule has 1 aliphatic rings. The number of hydrogen-bond donors (Lipinski definition) is 0. The van der Waals surface area contributed by atoms with Crippen LogP contribution in [-0.4, -0.2) is 36.4 Å². The molecule has 0 unspecified atom stereocenters. The van der Waals surface area contributed by atoms with Gasteiger partial charge in [-0.25, -0.2) is 0 Å². The van der Waals surface area contributed by atoms with Crippen LogP contribution < -0.4 is 0 Å². The molecule has 0 aliphatic carbocycles. The van der Waals surface area contributed by atoms with E-state index in [1.807, 2.05) is 0 Å². The lowest BCUT2D eigenvalue weighted by molar-refractivity contribution is 0.390. The van der Waals surface area contributed by atoms with Gasteiger partial charge in [0.2, 0.25) is 0 Å². The molecule has 0 N–H and O–H groups in total. The Balaban J connectivity index is 2.24. The average molecular weight is 199 g/mol. The second-order valence-electron chi connectivity index (χ2n) is 4.39. The van der Waals surface area contributed by atoms with E-state index in [0.29, 0.717) is 0 Å². The first-order valence-electron chi connectivity index (χ1n) is 5.52. The van der Waals surface area contributed by atoms with Crippen molar-refractivity contribution in [2.45, 2.75) is 50.0 Å². The Morgan fingerprint density at radius 3 is 2.23 bits per heavy atom. The van der Waals surface area contributed by atoms with Crippen LogP contribution >= 0.6 is 11.8 Å². The molecule has 3 heteroatoms. The standard InChI is InChI=1S/C10H22BNS/c1-9(2)13-10-5-3-7-12(11)8-4-6-10/h9-10H,3-8,11H2,1-2H3. The zero-order chi connectivity index (χ0) is 9.68. The molecule has 0 atom stereocenters. The van der Waals surface area contributed by atoms with E-state index in [4.69, 9.17) is 0 Å². The van der Waals surface area contributed by atoms with Gasteiger partial charge in [0.25, 0.3) is 0 Å². The van der Waals surface area contributed by atoms with Crippen molar-refractivity contribution in [1.82, 2.24) is 4.81 Å². The van der Waals surface area contributed by atoms with Crippen LogP contribution in [0.25, 0.3) is 0 Å². The normalized spacial score (nSPS) is 23.0. The lowest BCUT2D eigenvalue weighted by atomic mass is 10.1. The Bertz CT molecular complexity index is 131. The molecule has 13 heavy (non-hydrogen) atoms. The van der Waals surface area contributed by atoms with E-state index >= 15 is 0 Å². The average Bonchev–Trinajstić information content (AvgIpc) is 1.99. The Kier molecular flexibility index (Phi) is 5.26. The van der Waals surface area contributed by atoms with E-state index in [2.05, 4.69) is 38.4 Å². The highest BCUT2D eigenvalue weighted by molar-refractivity contribution is 8.00. The third-order valence-corrected chi connectivity index (χ3v) is 4.00. The maximum atomic E-state index is 2.47. The van der Waals surface area contributed by atoms with Crippen LogP contribution in [0.4, 0.5) is 0 Å². The lowest BCUT2D eigenvalue weighted by Gasteiger charge is -2.25. The largest absolute Gasteiger partial charge is 0.349 e. The predicted octanol–water partition coefficient (Wildman–Crippen LogP) is 1.92.